The monoisotopic (exact) mass is 207 g/mol. The second kappa shape index (κ2) is 4.08. The summed E-state index contributed by atoms with van der Waals surface area (Å²) < 4.78 is 0. The SMILES string of the molecule is C1CCC([C@H]2CCC[C@@]23CCNC3)CC1. The number of hydrogen-bond acceptors (Lipinski definition) is 1. The van der Waals surface area contributed by atoms with Crippen molar-refractivity contribution in [3.8, 4) is 0 Å². The molecule has 1 aliphatic heterocycles. The Hall–Kier alpha value is -0.0400. The summed E-state index contributed by atoms with van der Waals surface area (Å²) in [5.41, 5.74) is 0.752. The van der Waals surface area contributed by atoms with Crippen LogP contribution in [-0.4, -0.2) is 13.1 Å². The number of rotatable bonds is 1. The molecule has 2 saturated carbocycles. The molecule has 0 unspecified atom stereocenters. The highest BCUT2D eigenvalue weighted by Crippen LogP contribution is 2.53. The summed E-state index contributed by atoms with van der Waals surface area (Å²) in [5, 5.41) is 3.62. The van der Waals surface area contributed by atoms with E-state index in [-0.39, 0.29) is 0 Å². The Morgan fingerprint density at radius 3 is 2.47 bits per heavy atom. The minimum Gasteiger partial charge on any atom is -0.316 e. The van der Waals surface area contributed by atoms with Gasteiger partial charge in [-0.3, -0.25) is 0 Å². The summed E-state index contributed by atoms with van der Waals surface area (Å²) in [7, 11) is 0. The van der Waals surface area contributed by atoms with Crippen LogP contribution in [0.5, 0.6) is 0 Å². The van der Waals surface area contributed by atoms with Crippen LogP contribution in [0, 0.1) is 17.3 Å². The number of hydrogen-bond donors (Lipinski definition) is 1. The van der Waals surface area contributed by atoms with Crippen LogP contribution in [0.3, 0.4) is 0 Å². The lowest BCUT2D eigenvalue weighted by atomic mass is 9.67. The third-order valence-corrected chi connectivity index (χ3v) is 5.47. The minimum atomic E-state index is 0.752. The van der Waals surface area contributed by atoms with Gasteiger partial charge in [0.05, 0.1) is 0 Å². The van der Waals surface area contributed by atoms with Crippen molar-refractivity contribution in [3.63, 3.8) is 0 Å². The van der Waals surface area contributed by atoms with Gasteiger partial charge in [0.25, 0.3) is 0 Å². The Morgan fingerprint density at radius 2 is 1.73 bits per heavy atom. The van der Waals surface area contributed by atoms with Crippen molar-refractivity contribution < 1.29 is 0 Å². The first-order chi connectivity index (χ1) is 7.41. The van der Waals surface area contributed by atoms with E-state index in [0.29, 0.717) is 0 Å². The molecule has 15 heavy (non-hydrogen) atoms. The fraction of sp³-hybridized carbons (Fsp3) is 1.00. The van der Waals surface area contributed by atoms with Crippen LogP contribution in [-0.2, 0) is 0 Å². The molecule has 3 rings (SSSR count). The molecule has 1 saturated heterocycles. The molecule has 1 spiro atoms. The summed E-state index contributed by atoms with van der Waals surface area (Å²) in [6.07, 6.45) is 13.7. The van der Waals surface area contributed by atoms with E-state index in [1.807, 2.05) is 0 Å². The van der Waals surface area contributed by atoms with Crippen molar-refractivity contribution in [3.05, 3.63) is 0 Å². The van der Waals surface area contributed by atoms with Gasteiger partial charge < -0.3 is 5.32 Å². The van der Waals surface area contributed by atoms with Gasteiger partial charge in [0.1, 0.15) is 0 Å². The maximum absolute atomic E-state index is 3.62. The van der Waals surface area contributed by atoms with Crippen LogP contribution >= 0.6 is 0 Å². The van der Waals surface area contributed by atoms with Crippen molar-refractivity contribution >= 4 is 0 Å². The summed E-state index contributed by atoms with van der Waals surface area (Å²) >= 11 is 0. The molecule has 0 radical (unpaired) electrons. The van der Waals surface area contributed by atoms with Gasteiger partial charge in [-0.15, -0.1) is 0 Å². The van der Waals surface area contributed by atoms with Gasteiger partial charge in [-0.2, -0.15) is 0 Å². The zero-order valence-electron chi connectivity index (χ0n) is 9.93. The fourth-order valence-corrected chi connectivity index (χ4v) is 4.73. The molecule has 0 aromatic heterocycles. The lowest BCUT2D eigenvalue weighted by molar-refractivity contribution is 0.125. The van der Waals surface area contributed by atoms with Crippen molar-refractivity contribution in [2.75, 3.05) is 13.1 Å². The highest BCUT2D eigenvalue weighted by molar-refractivity contribution is 4.99. The molecule has 2 aliphatic carbocycles. The molecule has 1 heteroatoms. The predicted molar refractivity (Wildman–Crippen MR) is 63.8 cm³/mol. The van der Waals surface area contributed by atoms with Gasteiger partial charge in [-0.25, -0.2) is 0 Å². The van der Waals surface area contributed by atoms with E-state index in [2.05, 4.69) is 5.32 Å². The fourth-order valence-electron chi connectivity index (χ4n) is 4.73. The van der Waals surface area contributed by atoms with Crippen molar-refractivity contribution in [2.45, 2.75) is 57.8 Å². The average Bonchev–Trinajstić information content (AvgIpc) is 2.91. The summed E-state index contributed by atoms with van der Waals surface area (Å²) in [6, 6.07) is 0. The van der Waals surface area contributed by atoms with Crippen LogP contribution in [0.25, 0.3) is 0 Å². The molecule has 0 aromatic rings. The lowest BCUT2D eigenvalue weighted by Gasteiger charge is -2.38. The van der Waals surface area contributed by atoms with Crippen LogP contribution in [0.2, 0.25) is 0 Å². The standard InChI is InChI=1S/C14H25N/c1-2-5-12(6-3-1)13-7-4-8-14(13)9-10-15-11-14/h12-13,15H,1-11H2/t13-,14+/m1/s1. The van der Waals surface area contributed by atoms with Crippen molar-refractivity contribution in [1.29, 1.82) is 0 Å². The lowest BCUT2D eigenvalue weighted by Crippen LogP contribution is -2.34. The van der Waals surface area contributed by atoms with Gasteiger partial charge in [-0.1, -0.05) is 38.5 Å². The summed E-state index contributed by atoms with van der Waals surface area (Å²) in [5.74, 6) is 2.19. The normalized spacial score (nSPS) is 42.8. The van der Waals surface area contributed by atoms with Crippen LogP contribution < -0.4 is 5.32 Å². The molecule has 1 N–H and O–H groups in total. The van der Waals surface area contributed by atoms with Crippen molar-refractivity contribution in [2.24, 2.45) is 17.3 Å². The van der Waals surface area contributed by atoms with E-state index in [4.69, 9.17) is 0 Å². The minimum absolute atomic E-state index is 0.752. The first kappa shape index (κ1) is 10.1. The maximum Gasteiger partial charge on any atom is 0.00110 e. The Kier molecular flexibility index (Phi) is 2.76. The van der Waals surface area contributed by atoms with Gasteiger partial charge in [-0.05, 0) is 43.1 Å². The molecular formula is C14H25N. The summed E-state index contributed by atoms with van der Waals surface area (Å²) in [6.45, 7) is 2.64. The molecule has 1 heterocycles. The van der Waals surface area contributed by atoms with E-state index in [9.17, 15) is 0 Å². The molecule has 0 bridgehead atoms. The predicted octanol–water partition coefficient (Wildman–Crippen LogP) is 3.35. The second-order valence-corrected chi connectivity index (χ2v) is 6.19. The van der Waals surface area contributed by atoms with E-state index in [0.717, 1.165) is 17.3 Å². The van der Waals surface area contributed by atoms with Crippen molar-refractivity contribution in [1.82, 2.24) is 5.32 Å². The topological polar surface area (TPSA) is 12.0 Å². The average molecular weight is 207 g/mol. The zero-order chi connectivity index (χ0) is 10.1. The quantitative estimate of drug-likeness (QED) is 0.695. The molecule has 3 aliphatic rings. The highest BCUT2D eigenvalue weighted by Gasteiger charge is 2.47. The van der Waals surface area contributed by atoms with Crippen LogP contribution in [0.1, 0.15) is 57.8 Å². The first-order valence-corrected chi connectivity index (χ1v) is 7.11. The van der Waals surface area contributed by atoms with E-state index in [1.54, 1.807) is 19.3 Å². The smallest absolute Gasteiger partial charge is 0.00110 e. The van der Waals surface area contributed by atoms with E-state index < -0.39 is 0 Å². The molecule has 0 aromatic carbocycles. The zero-order valence-corrected chi connectivity index (χ0v) is 9.93. The Labute approximate surface area is 94.0 Å². The summed E-state index contributed by atoms with van der Waals surface area (Å²) in [4.78, 5) is 0. The molecule has 3 fully saturated rings. The van der Waals surface area contributed by atoms with Crippen LogP contribution in [0.15, 0.2) is 0 Å². The number of nitrogens with one attached hydrogen (secondary N) is 1. The molecular weight excluding hydrogens is 182 g/mol. The molecule has 1 nitrogen and oxygen atoms in total. The van der Waals surface area contributed by atoms with E-state index >= 15 is 0 Å². The van der Waals surface area contributed by atoms with Gasteiger partial charge >= 0.3 is 0 Å². The third-order valence-electron chi connectivity index (χ3n) is 5.47. The Morgan fingerprint density at radius 1 is 0.867 bits per heavy atom. The molecule has 0 amide bonds. The maximum atomic E-state index is 3.62. The van der Waals surface area contributed by atoms with E-state index in [1.165, 1.54) is 51.6 Å². The third kappa shape index (κ3) is 1.73. The Bertz CT molecular complexity index is 206. The Balaban J connectivity index is 1.72. The van der Waals surface area contributed by atoms with Gasteiger partial charge in [0, 0.05) is 6.54 Å². The first-order valence-electron chi connectivity index (χ1n) is 7.11. The second-order valence-electron chi connectivity index (χ2n) is 6.19. The molecule has 86 valence electrons. The molecule has 2 atom stereocenters. The van der Waals surface area contributed by atoms with Gasteiger partial charge in [0.15, 0.2) is 0 Å². The van der Waals surface area contributed by atoms with Crippen LogP contribution in [0.4, 0.5) is 0 Å². The van der Waals surface area contributed by atoms with Gasteiger partial charge in [0.2, 0.25) is 0 Å². The highest BCUT2D eigenvalue weighted by atomic mass is 14.9. The largest absolute Gasteiger partial charge is 0.316 e.